The number of nitrogens with zero attached hydrogens (tertiary/aromatic N) is 2. The number of hydrogen-bond donors (Lipinski definition) is 0. The zero-order chi connectivity index (χ0) is 11.8. The van der Waals surface area contributed by atoms with Gasteiger partial charge in [-0.3, -0.25) is 0 Å². The van der Waals surface area contributed by atoms with Crippen LogP contribution in [0.3, 0.4) is 0 Å². The molecule has 0 aliphatic carbocycles. The highest BCUT2D eigenvalue weighted by Crippen LogP contribution is 1.91. The summed E-state index contributed by atoms with van der Waals surface area (Å²) in [5.74, 6) is 0. The monoisotopic (exact) mass is 242 g/mol. The first-order valence-corrected chi connectivity index (χ1v) is 6.31. The summed E-state index contributed by atoms with van der Waals surface area (Å²) in [6.07, 6.45) is 8.00. The van der Waals surface area contributed by atoms with E-state index in [2.05, 4.69) is 0 Å². The third-order valence-corrected chi connectivity index (χ3v) is 2.72. The van der Waals surface area contributed by atoms with Gasteiger partial charge >= 0.3 is 0 Å². The van der Waals surface area contributed by atoms with Crippen molar-refractivity contribution in [2.24, 2.45) is 0 Å². The fourth-order valence-corrected chi connectivity index (χ4v) is 1.77. The van der Waals surface area contributed by atoms with Gasteiger partial charge in [0.15, 0.2) is 0 Å². The van der Waals surface area contributed by atoms with Gasteiger partial charge in [-0.2, -0.15) is 11.3 Å². The first-order chi connectivity index (χ1) is 8.47. The molecule has 0 aromatic carbocycles. The van der Waals surface area contributed by atoms with E-state index in [1.54, 1.807) is 11.3 Å². The molecule has 0 fully saturated rings. The molecule has 3 heterocycles. The maximum Gasteiger partial charge on any atom is 0.242 e. The van der Waals surface area contributed by atoms with Gasteiger partial charge in [0.1, 0.15) is 0 Å². The number of thiophene rings is 1. The van der Waals surface area contributed by atoms with E-state index < -0.39 is 0 Å². The maximum atomic E-state index is 2.04. The highest BCUT2D eigenvalue weighted by molar-refractivity contribution is 7.07. The molecule has 3 rings (SSSR count). The molecule has 0 N–H and O–H groups in total. The zero-order valence-corrected chi connectivity index (χ0v) is 10.2. The third-order valence-electron chi connectivity index (χ3n) is 2.09. The first-order valence-electron chi connectivity index (χ1n) is 5.37. The van der Waals surface area contributed by atoms with Gasteiger partial charge in [-0.05, 0) is 22.9 Å². The predicted molar refractivity (Wildman–Crippen MR) is 68.4 cm³/mol. The Balaban J connectivity index is 0.000000181. The number of pyridine rings is 2. The molecule has 0 aliphatic heterocycles. The Morgan fingerprint density at radius 3 is 1.18 bits per heavy atom. The molecule has 0 radical (unpaired) electrons. The van der Waals surface area contributed by atoms with E-state index in [1.165, 1.54) is 0 Å². The average Bonchev–Trinajstić information content (AvgIpc) is 3.00. The van der Waals surface area contributed by atoms with Crippen molar-refractivity contribution in [1.29, 1.82) is 0 Å². The smallest absolute Gasteiger partial charge is 0.152 e. The summed E-state index contributed by atoms with van der Waals surface area (Å²) in [5.41, 5.74) is 0. The molecule has 0 amide bonds. The second-order valence-electron chi connectivity index (χ2n) is 3.30. The van der Waals surface area contributed by atoms with Crippen molar-refractivity contribution >= 4 is 11.3 Å². The van der Waals surface area contributed by atoms with E-state index in [1.807, 2.05) is 93.4 Å². The molecule has 0 saturated carbocycles. The van der Waals surface area contributed by atoms with Crippen molar-refractivity contribution < 1.29 is 9.35 Å². The Hall–Kier alpha value is -2.00. The molecule has 2 nitrogen and oxygen atoms in total. The summed E-state index contributed by atoms with van der Waals surface area (Å²) in [4.78, 5) is 0. The SMILES string of the molecule is c1cc[n+](-[n+]2ccccc2)cc1.c1ccsc1. The van der Waals surface area contributed by atoms with Crippen LogP contribution in [0.1, 0.15) is 0 Å². The lowest BCUT2D eigenvalue weighted by Crippen LogP contribution is -2.65. The Morgan fingerprint density at radius 2 is 0.882 bits per heavy atom. The Bertz CT molecular complexity index is 452. The molecule has 3 aromatic rings. The summed E-state index contributed by atoms with van der Waals surface area (Å²) < 4.78 is 4.00. The second-order valence-corrected chi connectivity index (χ2v) is 4.12. The van der Waals surface area contributed by atoms with Crippen molar-refractivity contribution in [3.05, 3.63) is 84.1 Å². The maximum absolute atomic E-state index is 2.04. The fourth-order valence-electron chi connectivity index (χ4n) is 1.31. The summed E-state index contributed by atoms with van der Waals surface area (Å²) in [5, 5.41) is 4.08. The van der Waals surface area contributed by atoms with E-state index in [0.29, 0.717) is 0 Å². The molecule has 84 valence electrons. The van der Waals surface area contributed by atoms with Crippen molar-refractivity contribution in [2.75, 3.05) is 0 Å². The van der Waals surface area contributed by atoms with Crippen molar-refractivity contribution in [3.8, 4) is 0 Å². The van der Waals surface area contributed by atoms with Gasteiger partial charge in [-0.25, -0.2) is 0 Å². The van der Waals surface area contributed by atoms with Crippen molar-refractivity contribution in [1.82, 2.24) is 0 Å². The van der Waals surface area contributed by atoms with E-state index in [4.69, 9.17) is 0 Å². The number of hydrogen-bond acceptors (Lipinski definition) is 1. The van der Waals surface area contributed by atoms with E-state index in [-0.39, 0.29) is 0 Å². The fraction of sp³-hybridized carbons (Fsp3) is 0. The van der Waals surface area contributed by atoms with Crippen LogP contribution in [-0.4, -0.2) is 0 Å². The quantitative estimate of drug-likeness (QED) is 0.579. The molecule has 0 spiro atoms. The van der Waals surface area contributed by atoms with Crippen LogP contribution in [0.15, 0.2) is 84.1 Å². The normalized spacial score (nSPS) is 9.18. The van der Waals surface area contributed by atoms with Gasteiger partial charge < -0.3 is 0 Å². The second kappa shape index (κ2) is 6.55. The topological polar surface area (TPSA) is 7.76 Å². The van der Waals surface area contributed by atoms with Gasteiger partial charge in [-0.15, -0.1) is 0 Å². The van der Waals surface area contributed by atoms with Crippen LogP contribution in [0.25, 0.3) is 0 Å². The Morgan fingerprint density at radius 1 is 0.471 bits per heavy atom. The molecular weight excluding hydrogens is 228 g/mol. The minimum atomic E-state index is 1.71. The molecular formula is C14H14N2S+2. The summed E-state index contributed by atoms with van der Waals surface area (Å²) in [7, 11) is 0. The number of rotatable bonds is 1. The molecule has 0 aliphatic rings. The third kappa shape index (κ3) is 3.81. The minimum absolute atomic E-state index is 1.71. The lowest BCUT2D eigenvalue weighted by atomic mass is 10.5. The summed E-state index contributed by atoms with van der Waals surface area (Å²) >= 11 is 1.71. The summed E-state index contributed by atoms with van der Waals surface area (Å²) in [6.45, 7) is 0. The number of aromatic nitrogens is 2. The van der Waals surface area contributed by atoms with Gasteiger partial charge in [0.25, 0.3) is 0 Å². The Kier molecular flexibility index (Phi) is 4.43. The van der Waals surface area contributed by atoms with Crippen molar-refractivity contribution in [2.45, 2.75) is 0 Å². The van der Waals surface area contributed by atoms with E-state index in [0.717, 1.165) is 0 Å². The van der Waals surface area contributed by atoms with E-state index in [9.17, 15) is 0 Å². The van der Waals surface area contributed by atoms with Gasteiger partial charge in [0, 0.05) is 24.3 Å². The molecule has 0 unspecified atom stereocenters. The molecule has 0 saturated heterocycles. The van der Waals surface area contributed by atoms with Gasteiger partial charge in [0.2, 0.25) is 24.8 Å². The predicted octanol–water partition coefficient (Wildman–Crippen LogP) is 2.32. The highest BCUT2D eigenvalue weighted by atomic mass is 32.1. The standard InChI is InChI=1S/C10H10N2.C4H4S/c1-3-7-11(8-4-1)12-9-5-2-6-10-12;1-2-4-5-3-1/h1-10H;1-4H/q+2;. The van der Waals surface area contributed by atoms with Gasteiger partial charge in [-0.1, -0.05) is 12.1 Å². The van der Waals surface area contributed by atoms with Crippen LogP contribution >= 0.6 is 11.3 Å². The van der Waals surface area contributed by atoms with E-state index >= 15 is 0 Å². The van der Waals surface area contributed by atoms with Gasteiger partial charge in [0.05, 0.1) is 9.35 Å². The lowest BCUT2D eigenvalue weighted by molar-refractivity contribution is -1.30. The molecule has 0 atom stereocenters. The molecule has 17 heavy (non-hydrogen) atoms. The van der Waals surface area contributed by atoms with Crippen LogP contribution in [0.2, 0.25) is 0 Å². The van der Waals surface area contributed by atoms with Crippen LogP contribution in [-0.2, 0) is 0 Å². The molecule has 0 bridgehead atoms. The summed E-state index contributed by atoms with van der Waals surface area (Å²) in [6, 6.07) is 16.0. The largest absolute Gasteiger partial charge is 0.242 e. The van der Waals surface area contributed by atoms with Crippen LogP contribution < -0.4 is 9.35 Å². The lowest BCUT2D eigenvalue weighted by Gasteiger charge is -1.84. The van der Waals surface area contributed by atoms with Crippen LogP contribution in [0, 0.1) is 0 Å². The van der Waals surface area contributed by atoms with Crippen LogP contribution in [0.5, 0.6) is 0 Å². The highest BCUT2D eigenvalue weighted by Gasteiger charge is 2.06. The Labute approximate surface area is 105 Å². The zero-order valence-electron chi connectivity index (χ0n) is 9.39. The van der Waals surface area contributed by atoms with Crippen LogP contribution in [0.4, 0.5) is 0 Å². The molecule has 3 heteroatoms. The first kappa shape index (κ1) is 11.5. The minimum Gasteiger partial charge on any atom is -0.152 e. The molecule has 3 aromatic heterocycles. The average molecular weight is 242 g/mol. The van der Waals surface area contributed by atoms with Crippen molar-refractivity contribution in [3.63, 3.8) is 0 Å².